The van der Waals surface area contributed by atoms with E-state index in [2.05, 4.69) is 20.8 Å². The fourth-order valence-electron chi connectivity index (χ4n) is 3.71. The second-order valence-corrected chi connectivity index (χ2v) is 9.59. The minimum absolute atomic E-state index is 0.0683. The van der Waals surface area contributed by atoms with E-state index < -0.39 is 5.91 Å². The number of halogens is 2. The molecule has 1 aromatic heterocycles. The van der Waals surface area contributed by atoms with Crippen molar-refractivity contribution in [1.82, 2.24) is 20.3 Å². The highest BCUT2D eigenvalue weighted by Crippen LogP contribution is 2.30. The molecule has 0 unspecified atom stereocenters. The lowest BCUT2D eigenvalue weighted by atomic mass is 10.2. The summed E-state index contributed by atoms with van der Waals surface area (Å²) in [5, 5.41) is 15.7. The number of carbonyl (C=O) groups is 1. The Kier molecular flexibility index (Phi) is 7.92. The van der Waals surface area contributed by atoms with Crippen molar-refractivity contribution in [2.75, 3.05) is 12.4 Å². The van der Waals surface area contributed by atoms with Gasteiger partial charge in [-0.25, -0.2) is 0 Å². The molecule has 0 aliphatic rings. The van der Waals surface area contributed by atoms with Gasteiger partial charge in [-0.2, -0.15) is 4.80 Å². The Balaban J connectivity index is 1.25. The van der Waals surface area contributed by atoms with Gasteiger partial charge < -0.3 is 14.8 Å². The first-order valence-electron chi connectivity index (χ1n) is 11.7. The standard InChI is InChI=1S/C28H21Cl2N5O3S/c1-37-26-13-18(9-12-25(26)38-16-17-7-10-19(29)11-8-17)27(36)32-28(39)31-22-15-24-23(14-21(22)30)33-35(34-24)20-5-3-2-4-6-20/h2-15H,16H2,1H3,(H2,31,32,36,39). The van der Waals surface area contributed by atoms with Crippen LogP contribution < -0.4 is 20.1 Å². The third-order valence-corrected chi connectivity index (χ3v) is 6.43. The molecule has 0 atom stereocenters. The molecule has 11 heteroatoms. The van der Waals surface area contributed by atoms with Crippen LogP contribution in [0.15, 0.2) is 84.9 Å². The predicted octanol–water partition coefficient (Wildman–Crippen LogP) is 6.44. The Morgan fingerprint density at radius 2 is 1.64 bits per heavy atom. The zero-order valence-electron chi connectivity index (χ0n) is 20.5. The number of nitrogens with zero attached hydrogens (tertiary/aromatic N) is 3. The van der Waals surface area contributed by atoms with E-state index in [0.29, 0.717) is 50.4 Å². The number of nitrogens with one attached hydrogen (secondary N) is 2. The Hall–Kier alpha value is -4.18. The average molecular weight is 578 g/mol. The van der Waals surface area contributed by atoms with Gasteiger partial charge in [-0.3, -0.25) is 10.1 Å². The number of methoxy groups -OCH3 is 1. The summed E-state index contributed by atoms with van der Waals surface area (Å²) < 4.78 is 11.3. The van der Waals surface area contributed by atoms with E-state index in [1.165, 1.54) is 11.9 Å². The number of amides is 1. The highest BCUT2D eigenvalue weighted by Gasteiger charge is 2.15. The van der Waals surface area contributed by atoms with Crippen LogP contribution in [0.5, 0.6) is 11.5 Å². The molecule has 8 nitrogen and oxygen atoms in total. The molecule has 0 saturated heterocycles. The second kappa shape index (κ2) is 11.7. The fraction of sp³-hybridized carbons (Fsp3) is 0.0714. The lowest BCUT2D eigenvalue weighted by Crippen LogP contribution is -2.34. The summed E-state index contributed by atoms with van der Waals surface area (Å²) >= 11 is 17.7. The molecule has 0 bridgehead atoms. The molecule has 0 fully saturated rings. The molecule has 196 valence electrons. The van der Waals surface area contributed by atoms with Gasteiger partial charge in [0, 0.05) is 10.6 Å². The fourth-order valence-corrected chi connectivity index (χ4v) is 4.24. The van der Waals surface area contributed by atoms with Gasteiger partial charge in [0.1, 0.15) is 17.6 Å². The van der Waals surface area contributed by atoms with Crippen LogP contribution in [0.25, 0.3) is 16.7 Å². The lowest BCUT2D eigenvalue weighted by molar-refractivity contribution is 0.0977. The summed E-state index contributed by atoms with van der Waals surface area (Å²) in [7, 11) is 1.50. The molecule has 0 radical (unpaired) electrons. The van der Waals surface area contributed by atoms with Crippen molar-refractivity contribution in [3.05, 3.63) is 106 Å². The van der Waals surface area contributed by atoms with Crippen LogP contribution in [-0.4, -0.2) is 33.1 Å². The second-order valence-electron chi connectivity index (χ2n) is 8.33. The first-order valence-corrected chi connectivity index (χ1v) is 12.9. The van der Waals surface area contributed by atoms with Crippen molar-refractivity contribution in [2.45, 2.75) is 6.61 Å². The quantitative estimate of drug-likeness (QED) is 0.215. The van der Waals surface area contributed by atoms with Gasteiger partial charge in [0.05, 0.1) is 23.5 Å². The minimum Gasteiger partial charge on any atom is -0.493 e. The third-order valence-electron chi connectivity index (χ3n) is 5.66. The number of carbonyl (C=O) groups excluding carboxylic acids is 1. The van der Waals surface area contributed by atoms with E-state index in [1.807, 2.05) is 42.5 Å². The minimum atomic E-state index is -0.428. The number of ether oxygens (including phenoxy) is 2. The number of rotatable bonds is 7. The number of aromatic nitrogens is 3. The summed E-state index contributed by atoms with van der Waals surface area (Å²) in [6.45, 7) is 0.317. The van der Waals surface area contributed by atoms with Crippen LogP contribution in [0.4, 0.5) is 5.69 Å². The van der Waals surface area contributed by atoms with Crippen molar-refractivity contribution < 1.29 is 14.3 Å². The number of anilines is 1. The maximum Gasteiger partial charge on any atom is 0.257 e. The monoisotopic (exact) mass is 577 g/mol. The molecule has 1 amide bonds. The number of benzene rings is 4. The highest BCUT2D eigenvalue weighted by molar-refractivity contribution is 7.80. The largest absolute Gasteiger partial charge is 0.493 e. The summed E-state index contributed by atoms with van der Waals surface area (Å²) in [4.78, 5) is 14.4. The smallest absolute Gasteiger partial charge is 0.257 e. The summed E-state index contributed by atoms with van der Waals surface area (Å²) in [5.74, 6) is 0.473. The van der Waals surface area contributed by atoms with Gasteiger partial charge in [-0.15, -0.1) is 10.2 Å². The van der Waals surface area contributed by atoms with Crippen LogP contribution in [-0.2, 0) is 6.61 Å². The molecular formula is C28H21Cl2N5O3S. The topological polar surface area (TPSA) is 90.3 Å². The van der Waals surface area contributed by atoms with Gasteiger partial charge in [-0.05, 0) is 72.4 Å². The van der Waals surface area contributed by atoms with Crippen LogP contribution in [0.2, 0.25) is 10.0 Å². The highest BCUT2D eigenvalue weighted by atomic mass is 35.5. The van der Waals surface area contributed by atoms with Crippen LogP contribution >= 0.6 is 35.4 Å². The maximum atomic E-state index is 12.9. The molecule has 5 rings (SSSR count). The van der Waals surface area contributed by atoms with Gasteiger partial charge in [-0.1, -0.05) is 53.5 Å². The Morgan fingerprint density at radius 3 is 2.36 bits per heavy atom. The lowest BCUT2D eigenvalue weighted by Gasteiger charge is -2.13. The first-order chi connectivity index (χ1) is 18.9. The molecule has 0 saturated carbocycles. The molecule has 39 heavy (non-hydrogen) atoms. The molecule has 2 N–H and O–H groups in total. The van der Waals surface area contributed by atoms with Crippen LogP contribution in [0.3, 0.4) is 0 Å². The molecule has 0 aliphatic heterocycles. The molecule has 4 aromatic carbocycles. The zero-order valence-corrected chi connectivity index (χ0v) is 22.8. The maximum absolute atomic E-state index is 12.9. The van der Waals surface area contributed by atoms with E-state index in [1.54, 1.807) is 42.5 Å². The van der Waals surface area contributed by atoms with E-state index in [0.717, 1.165) is 11.3 Å². The number of para-hydroxylation sites is 1. The van der Waals surface area contributed by atoms with E-state index in [9.17, 15) is 4.79 Å². The zero-order chi connectivity index (χ0) is 27.4. The summed E-state index contributed by atoms with van der Waals surface area (Å²) in [5.41, 5.74) is 3.81. The van der Waals surface area contributed by atoms with E-state index >= 15 is 0 Å². The predicted molar refractivity (Wildman–Crippen MR) is 156 cm³/mol. The summed E-state index contributed by atoms with van der Waals surface area (Å²) in [6.07, 6.45) is 0. The first kappa shape index (κ1) is 26.4. The van der Waals surface area contributed by atoms with Gasteiger partial charge >= 0.3 is 0 Å². The number of hydrogen-bond acceptors (Lipinski definition) is 6. The molecule has 0 spiro atoms. The Morgan fingerprint density at radius 1 is 0.923 bits per heavy atom. The van der Waals surface area contributed by atoms with Crippen LogP contribution in [0.1, 0.15) is 15.9 Å². The van der Waals surface area contributed by atoms with Gasteiger partial charge in [0.2, 0.25) is 0 Å². The molecule has 0 aliphatic carbocycles. The molecular weight excluding hydrogens is 557 g/mol. The molecule has 5 aromatic rings. The number of hydrogen-bond donors (Lipinski definition) is 2. The van der Waals surface area contributed by atoms with Crippen molar-refractivity contribution in [3.8, 4) is 17.2 Å². The van der Waals surface area contributed by atoms with Crippen molar-refractivity contribution in [1.29, 1.82) is 0 Å². The van der Waals surface area contributed by atoms with Gasteiger partial charge in [0.15, 0.2) is 16.6 Å². The van der Waals surface area contributed by atoms with Crippen molar-refractivity contribution in [2.24, 2.45) is 0 Å². The van der Waals surface area contributed by atoms with E-state index in [-0.39, 0.29) is 5.11 Å². The van der Waals surface area contributed by atoms with Crippen molar-refractivity contribution in [3.63, 3.8) is 0 Å². The average Bonchev–Trinajstić information content (AvgIpc) is 3.36. The van der Waals surface area contributed by atoms with E-state index in [4.69, 9.17) is 44.9 Å². The van der Waals surface area contributed by atoms with Crippen LogP contribution in [0, 0.1) is 0 Å². The SMILES string of the molecule is COc1cc(C(=O)NC(=S)Nc2cc3nn(-c4ccccc4)nc3cc2Cl)ccc1OCc1ccc(Cl)cc1. The summed E-state index contributed by atoms with van der Waals surface area (Å²) in [6, 6.07) is 25.1. The Bertz CT molecular complexity index is 1660. The van der Waals surface area contributed by atoms with Gasteiger partial charge in [0.25, 0.3) is 5.91 Å². The third kappa shape index (κ3) is 6.28. The number of fused-ring (bicyclic) bond motifs is 1. The molecule has 1 heterocycles. The van der Waals surface area contributed by atoms with Crippen molar-refractivity contribution >= 4 is 63.2 Å². The number of thiocarbonyl (C=S) groups is 1. The Labute approximate surface area is 239 Å². The normalized spacial score (nSPS) is 10.7.